The lowest BCUT2D eigenvalue weighted by atomic mass is 10.2. The molecule has 2 unspecified atom stereocenters. The van der Waals surface area contributed by atoms with Crippen molar-refractivity contribution in [2.24, 2.45) is 0 Å². The number of nitrogens with one attached hydrogen (secondary N) is 1. The number of rotatable bonds is 3. The van der Waals surface area contributed by atoms with Crippen LogP contribution in [-0.2, 0) is 11.3 Å². The number of aromatic nitrogens is 1. The standard InChI is InChI=1S/C19H27N3O6/c1-12-7-14(11-22(12,17(23)24)18(25)28-19(2,3)4)20-9-13-8-15-16(10-21-13)27-6-5-26-15/h8,10,12,14,20H,5-7,9,11H2,1-4H3/p+1/t12?,14-,22?/m1/s1. The lowest BCUT2D eigenvalue weighted by molar-refractivity contribution is -0.797. The topological polar surface area (TPSA) is 107 Å². The summed E-state index contributed by atoms with van der Waals surface area (Å²) >= 11 is 0. The normalized spacial score (nSPS) is 26.7. The molecular formula is C19H28N3O6+. The molecule has 2 aliphatic heterocycles. The molecule has 3 heterocycles. The van der Waals surface area contributed by atoms with Crippen molar-refractivity contribution in [2.75, 3.05) is 19.8 Å². The van der Waals surface area contributed by atoms with Crippen molar-refractivity contribution >= 4 is 12.2 Å². The van der Waals surface area contributed by atoms with E-state index in [1.807, 2.05) is 6.07 Å². The molecule has 1 aromatic heterocycles. The van der Waals surface area contributed by atoms with Crippen LogP contribution in [0.2, 0.25) is 0 Å². The average Bonchev–Trinajstić information content (AvgIpc) is 2.96. The maximum absolute atomic E-state index is 12.7. The van der Waals surface area contributed by atoms with Gasteiger partial charge in [-0.15, -0.1) is 4.48 Å². The predicted octanol–water partition coefficient (Wildman–Crippen LogP) is 2.53. The van der Waals surface area contributed by atoms with Gasteiger partial charge in [-0.05, 0) is 27.7 Å². The summed E-state index contributed by atoms with van der Waals surface area (Å²) in [7, 11) is 0. The first-order chi connectivity index (χ1) is 13.1. The molecule has 9 heteroatoms. The summed E-state index contributed by atoms with van der Waals surface area (Å²) in [4.78, 5) is 29.1. The van der Waals surface area contributed by atoms with Crippen LogP contribution in [0.4, 0.5) is 9.59 Å². The highest BCUT2D eigenvalue weighted by atomic mass is 16.6. The quantitative estimate of drug-likeness (QED) is 0.753. The minimum Gasteiger partial charge on any atom is -0.486 e. The van der Waals surface area contributed by atoms with Crippen molar-refractivity contribution in [3.63, 3.8) is 0 Å². The van der Waals surface area contributed by atoms with Crippen LogP contribution < -0.4 is 14.8 Å². The Kier molecular flexibility index (Phi) is 5.49. The van der Waals surface area contributed by atoms with Gasteiger partial charge in [-0.1, -0.05) is 0 Å². The number of likely N-dealkylation sites (tertiary alicyclic amines) is 1. The first kappa shape index (κ1) is 20.3. The lowest BCUT2D eigenvalue weighted by Crippen LogP contribution is -2.60. The van der Waals surface area contributed by atoms with E-state index in [2.05, 4.69) is 10.3 Å². The molecule has 154 valence electrons. The van der Waals surface area contributed by atoms with Crippen molar-refractivity contribution < 1.29 is 33.4 Å². The van der Waals surface area contributed by atoms with Crippen LogP contribution >= 0.6 is 0 Å². The van der Waals surface area contributed by atoms with E-state index in [4.69, 9.17) is 14.2 Å². The Hall–Kier alpha value is -2.39. The largest absolute Gasteiger partial charge is 0.527 e. The summed E-state index contributed by atoms with van der Waals surface area (Å²) in [6.07, 6.45) is 0.245. The maximum atomic E-state index is 12.7. The molecule has 2 N–H and O–H groups in total. The van der Waals surface area contributed by atoms with E-state index in [0.29, 0.717) is 37.7 Å². The number of nitrogens with zero attached hydrogens (tertiary/aromatic N) is 2. The van der Waals surface area contributed by atoms with E-state index in [1.54, 1.807) is 33.9 Å². The summed E-state index contributed by atoms with van der Waals surface area (Å²) < 4.78 is 15.7. The van der Waals surface area contributed by atoms with Gasteiger partial charge in [0.25, 0.3) is 0 Å². The summed E-state index contributed by atoms with van der Waals surface area (Å²) in [5, 5.41) is 13.2. The Morgan fingerprint density at radius 3 is 2.64 bits per heavy atom. The third-order valence-corrected chi connectivity index (χ3v) is 5.01. The molecule has 3 rings (SSSR count). The highest BCUT2D eigenvalue weighted by Crippen LogP contribution is 2.32. The summed E-state index contributed by atoms with van der Waals surface area (Å²) in [6, 6.07) is 1.25. The third-order valence-electron chi connectivity index (χ3n) is 5.01. The second-order valence-electron chi connectivity index (χ2n) is 8.30. The van der Waals surface area contributed by atoms with Crippen molar-refractivity contribution in [1.29, 1.82) is 0 Å². The molecule has 3 atom stereocenters. The predicted molar refractivity (Wildman–Crippen MR) is 99.3 cm³/mol. The number of amides is 2. The zero-order valence-corrected chi connectivity index (χ0v) is 16.7. The fourth-order valence-electron chi connectivity index (χ4n) is 3.62. The van der Waals surface area contributed by atoms with Gasteiger partial charge in [0.1, 0.15) is 31.4 Å². The molecule has 28 heavy (non-hydrogen) atoms. The highest BCUT2D eigenvalue weighted by molar-refractivity contribution is 5.76. The Morgan fingerprint density at radius 1 is 1.32 bits per heavy atom. The van der Waals surface area contributed by atoms with Gasteiger partial charge in [-0.3, -0.25) is 4.98 Å². The van der Waals surface area contributed by atoms with Gasteiger partial charge in [0.15, 0.2) is 11.5 Å². The fourth-order valence-corrected chi connectivity index (χ4v) is 3.62. The minimum absolute atomic E-state index is 0.121. The first-order valence-corrected chi connectivity index (χ1v) is 9.44. The molecule has 0 radical (unpaired) electrons. The number of quaternary nitrogens is 1. The molecule has 9 nitrogen and oxygen atoms in total. The van der Waals surface area contributed by atoms with Gasteiger partial charge in [-0.25, -0.2) is 0 Å². The Labute approximate surface area is 164 Å². The van der Waals surface area contributed by atoms with Gasteiger partial charge in [0.2, 0.25) is 0 Å². The van der Waals surface area contributed by atoms with E-state index in [-0.39, 0.29) is 12.6 Å². The minimum atomic E-state index is -1.19. The number of hydrogen-bond donors (Lipinski definition) is 2. The number of hydrogen-bond acceptors (Lipinski definition) is 7. The first-order valence-electron chi connectivity index (χ1n) is 9.44. The van der Waals surface area contributed by atoms with Gasteiger partial charge < -0.3 is 24.6 Å². The smallest absolute Gasteiger partial charge is 0.486 e. The highest BCUT2D eigenvalue weighted by Gasteiger charge is 2.58. The molecule has 0 aliphatic carbocycles. The Balaban J connectivity index is 1.68. The molecular weight excluding hydrogens is 366 g/mol. The van der Waals surface area contributed by atoms with Crippen LogP contribution in [-0.4, -0.2) is 64.2 Å². The fraction of sp³-hybridized carbons (Fsp3) is 0.632. The molecule has 0 spiro atoms. The van der Waals surface area contributed by atoms with Gasteiger partial charge in [0.05, 0.1) is 17.9 Å². The number of carbonyl (C=O) groups excluding carboxylic acids is 1. The summed E-state index contributed by atoms with van der Waals surface area (Å²) in [6.45, 7) is 8.51. The second kappa shape index (κ2) is 7.56. The number of pyridine rings is 1. The van der Waals surface area contributed by atoms with Crippen LogP contribution in [0.5, 0.6) is 11.5 Å². The van der Waals surface area contributed by atoms with Crippen LogP contribution in [0.3, 0.4) is 0 Å². The number of imide groups is 1. The molecule has 1 saturated heterocycles. The van der Waals surface area contributed by atoms with Crippen molar-refractivity contribution in [2.45, 2.75) is 58.3 Å². The summed E-state index contributed by atoms with van der Waals surface area (Å²) in [5.74, 6) is 1.28. The monoisotopic (exact) mass is 394 g/mol. The van der Waals surface area contributed by atoms with Gasteiger partial charge in [-0.2, -0.15) is 9.59 Å². The number of carboxylic acid groups (broad SMARTS) is 1. The van der Waals surface area contributed by atoms with Gasteiger partial charge >= 0.3 is 12.2 Å². The molecule has 1 fully saturated rings. The van der Waals surface area contributed by atoms with E-state index in [1.165, 1.54) is 0 Å². The zero-order chi connectivity index (χ0) is 20.5. The second-order valence-corrected chi connectivity index (χ2v) is 8.30. The molecule has 0 saturated carbocycles. The Morgan fingerprint density at radius 2 is 2.00 bits per heavy atom. The third kappa shape index (κ3) is 4.05. The zero-order valence-electron chi connectivity index (χ0n) is 16.7. The molecule has 1 aromatic rings. The number of fused-ring (bicyclic) bond motifs is 1. The van der Waals surface area contributed by atoms with Gasteiger partial charge in [0, 0.05) is 19.0 Å². The number of ether oxygens (including phenoxy) is 3. The average molecular weight is 394 g/mol. The molecule has 2 amide bonds. The van der Waals surface area contributed by atoms with Crippen LogP contribution in [0.25, 0.3) is 0 Å². The molecule has 2 aliphatic rings. The van der Waals surface area contributed by atoms with Crippen molar-refractivity contribution in [1.82, 2.24) is 10.3 Å². The molecule has 0 bridgehead atoms. The van der Waals surface area contributed by atoms with E-state index < -0.39 is 28.3 Å². The lowest BCUT2D eigenvalue weighted by Gasteiger charge is -2.31. The van der Waals surface area contributed by atoms with E-state index in [0.717, 1.165) is 5.69 Å². The van der Waals surface area contributed by atoms with E-state index in [9.17, 15) is 14.7 Å². The van der Waals surface area contributed by atoms with Crippen molar-refractivity contribution in [3.8, 4) is 11.5 Å². The molecule has 0 aromatic carbocycles. The Bertz CT molecular complexity index is 763. The van der Waals surface area contributed by atoms with E-state index >= 15 is 0 Å². The summed E-state index contributed by atoms with van der Waals surface area (Å²) in [5.41, 5.74) is 0.00695. The SMILES string of the molecule is CC1C[C@@H](NCc2cc3c(cn2)OCCO3)C[N+]1(C(=O)O)C(=O)OC(C)(C)C. The number of carbonyl (C=O) groups is 2. The van der Waals surface area contributed by atoms with Crippen LogP contribution in [0.1, 0.15) is 39.8 Å². The maximum Gasteiger partial charge on any atom is 0.527 e. The van der Waals surface area contributed by atoms with Crippen LogP contribution in [0.15, 0.2) is 12.3 Å². The van der Waals surface area contributed by atoms with Crippen molar-refractivity contribution in [3.05, 3.63) is 18.0 Å². The van der Waals surface area contributed by atoms with Crippen LogP contribution in [0, 0.1) is 0 Å².